The highest BCUT2D eigenvalue weighted by molar-refractivity contribution is 5.92. The van der Waals surface area contributed by atoms with E-state index in [1.54, 1.807) is 6.07 Å². The Kier molecular flexibility index (Phi) is 1.96. The van der Waals surface area contributed by atoms with E-state index >= 15 is 0 Å². The number of aromatic nitrogens is 1. The molecule has 4 nitrogen and oxygen atoms in total. The van der Waals surface area contributed by atoms with E-state index in [1.807, 2.05) is 12.3 Å². The maximum atomic E-state index is 8.93. The molecule has 0 aromatic carbocycles. The molecule has 0 radical (unpaired) electrons. The molecule has 4 rings (SSSR count). The molecule has 0 fully saturated rings. The average Bonchev–Trinajstić information content (AvgIpc) is 3.00. The third kappa shape index (κ3) is 1.39. The molecule has 2 aliphatic heterocycles. The lowest BCUT2D eigenvalue weighted by Gasteiger charge is -2.28. The van der Waals surface area contributed by atoms with Crippen molar-refractivity contribution in [3.8, 4) is 6.07 Å². The molecule has 2 unspecified atom stereocenters. The number of pyridine rings is 1. The number of fused-ring (bicyclic) bond motifs is 3. The lowest BCUT2D eigenvalue weighted by molar-refractivity contribution is 0.475. The fraction of sp³-hybridized carbons (Fsp3) is 0.267. The number of nitriles is 1. The van der Waals surface area contributed by atoms with Gasteiger partial charge in [0, 0.05) is 11.3 Å². The third-order valence-electron chi connectivity index (χ3n) is 4.12. The predicted octanol–water partition coefficient (Wildman–Crippen LogP) is 0.0496. The minimum absolute atomic E-state index is 0.0590. The number of hydrogen-bond acceptors (Lipinski definition) is 4. The van der Waals surface area contributed by atoms with Gasteiger partial charge in [0.25, 0.3) is 0 Å². The van der Waals surface area contributed by atoms with Crippen LogP contribution in [0.5, 0.6) is 0 Å². The van der Waals surface area contributed by atoms with Gasteiger partial charge in [-0.05, 0) is 30.0 Å². The Morgan fingerprint density at radius 3 is 3.21 bits per heavy atom. The smallest absolute Gasteiger partial charge is 0.141 e. The molecule has 2 atom stereocenters. The number of amidine groups is 1. The molecule has 1 N–H and O–H groups in total. The van der Waals surface area contributed by atoms with Crippen molar-refractivity contribution in [2.75, 3.05) is 6.54 Å². The third-order valence-corrected chi connectivity index (χ3v) is 4.12. The molecule has 92 valence electrons. The van der Waals surface area contributed by atoms with E-state index in [2.05, 4.69) is 39.6 Å². The fourth-order valence-corrected chi connectivity index (χ4v) is 3.19. The van der Waals surface area contributed by atoms with E-state index in [-0.39, 0.29) is 5.41 Å². The summed E-state index contributed by atoms with van der Waals surface area (Å²) in [6.07, 6.45) is 9.56. The van der Waals surface area contributed by atoms with Gasteiger partial charge in [0.05, 0.1) is 11.9 Å². The fourth-order valence-electron chi connectivity index (χ4n) is 3.19. The zero-order valence-corrected chi connectivity index (χ0v) is 10.3. The Morgan fingerprint density at radius 1 is 1.37 bits per heavy atom. The summed E-state index contributed by atoms with van der Waals surface area (Å²) in [5, 5.41) is 14.2. The molecule has 0 bridgehead atoms. The van der Waals surface area contributed by atoms with Crippen LogP contribution in [0.4, 0.5) is 0 Å². The summed E-state index contributed by atoms with van der Waals surface area (Å²) >= 11 is 0. The first kappa shape index (κ1) is 10.5. The number of nitrogens with one attached hydrogen (secondary N) is 1. The first-order chi connectivity index (χ1) is 9.31. The van der Waals surface area contributed by atoms with Crippen LogP contribution in [0.25, 0.3) is 12.2 Å². The Morgan fingerprint density at radius 2 is 2.32 bits per heavy atom. The normalized spacial score (nSPS) is 29.6. The van der Waals surface area contributed by atoms with Gasteiger partial charge in [-0.15, -0.1) is 0 Å². The molecule has 0 saturated heterocycles. The monoisotopic (exact) mass is 248 g/mol. The summed E-state index contributed by atoms with van der Waals surface area (Å²) < 4.78 is 0. The summed E-state index contributed by atoms with van der Waals surface area (Å²) in [4.78, 5) is 9.01. The van der Waals surface area contributed by atoms with Crippen LogP contribution in [0, 0.1) is 22.7 Å². The van der Waals surface area contributed by atoms with Crippen LogP contribution >= 0.6 is 0 Å². The van der Waals surface area contributed by atoms with Gasteiger partial charge in [-0.1, -0.05) is 18.2 Å². The molecular weight excluding hydrogens is 236 g/mol. The summed E-state index contributed by atoms with van der Waals surface area (Å²) in [6.45, 7) is 0.764. The van der Waals surface area contributed by atoms with Crippen molar-refractivity contribution in [1.82, 2.24) is 10.3 Å². The second kappa shape index (κ2) is 3.55. The highest BCUT2D eigenvalue weighted by Gasteiger charge is 2.44. The maximum Gasteiger partial charge on any atom is 0.141 e. The van der Waals surface area contributed by atoms with Crippen LogP contribution in [-0.2, 0) is 0 Å². The molecular formula is C15H12N4. The molecule has 1 aromatic heterocycles. The molecule has 0 amide bonds. The summed E-state index contributed by atoms with van der Waals surface area (Å²) in [5.74, 6) is 1.44. The van der Waals surface area contributed by atoms with Crippen molar-refractivity contribution in [3.05, 3.63) is 40.7 Å². The lowest BCUT2D eigenvalue weighted by atomic mass is 9.75. The standard InChI is InChI=1S/C15H12N4/c16-8-11-4-3-10-6-15(7-13(10)19-11)9-18-14-12(15)2-1-5-17-14/h1,3-7,12H,2,9H2,(H,17,18). The van der Waals surface area contributed by atoms with E-state index in [0.29, 0.717) is 11.6 Å². The molecule has 3 heterocycles. The zero-order chi connectivity index (χ0) is 12.9. The van der Waals surface area contributed by atoms with Crippen LogP contribution < -0.4 is 15.9 Å². The lowest BCUT2D eigenvalue weighted by Crippen LogP contribution is -2.35. The van der Waals surface area contributed by atoms with Gasteiger partial charge in [0.15, 0.2) is 0 Å². The number of hydrogen-bond donors (Lipinski definition) is 1. The molecule has 4 heteroatoms. The van der Waals surface area contributed by atoms with Gasteiger partial charge in [-0.25, -0.2) is 4.98 Å². The first-order valence-corrected chi connectivity index (χ1v) is 6.40. The summed E-state index contributed by atoms with van der Waals surface area (Å²) in [7, 11) is 0. The van der Waals surface area contributed by atoms with E-state index in [1.165, 1.54) is 0 Å². The van der Waals surface area contributed by atoms with Crippen molar-refractivity contribution in [1.29, 1.82) is 5.26 Å². The van der Waals surface area contributed by atoms with E-state index < -0.39 is 0 Å². The number of nitrogens with zero attached hydrogens (tertiary/aromatic N) is 3. The average molecular weight is 248 g/mol. The largest absolute Gasteiger partial charge is 0.350 e. The van der Waals surface area contributed by atoms with Crippen molar-refractivity contribution in [2.45, 2.75) is 6.42 Å². The van der Waals surface area contributed by atoms with Crippen molar-refractivity contribution in [3.63, 3.8) is 0 Å². The van der Waals surface area contributed by atoms with Gasteiger partial charge >= 0.3 is 0 Å². The molecule has 1 spiro atoms. The van der Waals surface area contributed by atoms with Crippen molar-refractivity contribution < 1.29 is 0 Å². The van der Waals surface area contributed by atoms with Crippen LogP contribution in [-0.4, -0.2) is 17.4 Å². The summed E-state index contributed by atoms with van der Waals surface area (Å²) in [5.41, 5.74) is 0.414. The highest BCUT2D eigenvalue weighted by Crippen LogP contribution is 2.41. The second-order valence-electron chi connectivity index (χ2n) is 5.22. The Hall–Kier alpha value is -2.41. The van der Waals surface area contributed by atoms with Crippen LogP contribution in [0.1, 0.15) is 12.1 Å². The van der Waals surface area contributed by atoms with Gasteiger partial charge in [0.1, 0.15) is 17.6 Å². The number of rotatable bonds is 0. The van der Waals surface area contributed by atoms with Crippen LogP contribution in [0.3, 0.4) is 0 Å². The van der Waals surface area contributed by atoms with Crippen LogP contribution in [0.15, 0.2) is 29.4 Å². The molecule has 1 aliphatic carbocycles. The highest BCUT2D eigenvalue weighted by atomic mass is 15.0. The summed E-state index contributed by atoms with van der Waals surface area (Å²) in [6, 6.07) is 5.85. The van der Waals surface area contributed by atoms with Crippen molar-refractivity contribution in [2.24, 2.45) is 16.3 Å². The molecule has 3 aliphatic rings. The van der Waals surface area contributed by atoms with E-state index in [9.17, 15) is 0 Å². The number of aliphatic imine (C=N–C) groups is 1. The SMILES string of the molecule is N#Cc1ccc2c(n1)=CC1(C=2)CN=C2NC=CCC21. The van der Waals surface area contributed by atoms with Gasteiger partial charge in [-0.3, -0.25) is 4.99 Å². The van der Waals surface area contributed by atoms with E-state index in [4.69, 9.17) is 5.26 Å². The van der Waals surface area contributed by atoms with Gasteiger partial charge in [-0.2, -0.15) is 5.26 Å². The Labute approximate surface area is 110 Å². The maximum absolute atomic E-state index is 8.93. The van der Waals surface area contributed by atoms with E-state index in [0.717, 1.165) is 29.4 Å². The zero-order valence-electron chi connectivity index (χ0n) is 10.3. The number of allylic oxidation sites excluding steroid dienone is 1. The topological polar surface area (TPSA) is 61.1 Å². The first-order valence-electron chi connectivity index (χ1n) is 6.40. The Bertz CT molecular complexity index is 781. The molecule has 1 aromatic rings. The van der Waals surface area contributed by atoms with Crippen LogP contribution in [0.2, 0.25) is 0 Å². The second-order valence-corrected chi connectivity index (χ2v) is 5.22. The van der Waals surface area contributed by atoms with Gasteiger partial charge in [0.2, 0.25) is 0 Å². The quantitative estimate of drug-likeness (QED) is 0.705. The minimum Gasteiger partial charge on any atom is -0.350 e. The Balaban J connectivity index is 1.86. The van der Waals surface area contributed by atoms with Crippen molar-refractivity contribution >= 4 is 18.0 Å². The molecule has 0 saturated carbocycles. The van der Waals surface area contributed by atoms with Gasteiger partial charge < -0.3 is 5.32 Å². The molecule has 19 heavy (non-hydrogen) atoms. The predicted molar refractivity (Wildman–Crippen MR) is 72.2 cm³/mol. The minimum atomic E-state index is -0.0590.